The number of hydrogen-bond donors (Lipinski definition) is 2. The van der Waals surface area contributed by atoms with E-state index < -0.39 is 40.2 Å². The molecule has 1 unspecified atom stereocenters. The van der Waals surface area contributed by atoms with Crippen LogP contribution in [0.2, 0.25) is 0 Å². The number of imidazole rings is 1. The molecular weight excluding hydrogens is 539 g/mol. The number of fused-ring (bicyclic) bond motifs is 1. The molecular formula is C25H32F3N5O5S. The molecule has 0 bridgehead atoms. The first kappa shape index (κ1) is 28.9. The number of aromatic amines is 1. The number of aromatic nitrogens is 4. The van der Waals surface area contributed by atoms with Crippen molar-refractivity contribution in [1.29, 1.82) is 0 Å². The molecule has 39 heavy (non-hydrogen) atoms. The Hall–Kier alpha value is -3.13. The maximum absolute atomic E-state index is 13.1. The van der Waals surface area contributed by atoms with Crippen molar-refractivity contribution in [1.82, 2.24) is 19.6 Å². The number of hydrogen-bond acceptors (Lipinski definition) is 7. The third-order valence-electron chi connectivity index (χ3n) is 6.57. The zero-order valence-corrected chi connectivity index (χ0v) is 22.8. The second kappa shape index (κ2) is 11.5. The van der Waals surface area contributed by atoms with Gasteiger partial charge in [0.2, 0.25) is 10.0 Å². The van der Waals surface area contributed by atoms with Gasteiger partial charge in [-0.25, -0.2) is 17.9 Å². The van der Waals surface area contributed by atoms with Gasteiger partial charge in [-0.15, -0.1) is 5.10 Å². The van der Waals surface area contributed by atoms with Crippen molar-refractivity contribution < 1.29 is 31.1 Å². The highest BCUT2D eigenvalue weighted by atomic mass is 32.2. The summed E-state index contributed by atoms with van der Waals surface area (Å²) in [6.07, 6.45) is -1.91. The van der Waals surface area contributed by atoms with Crippen molar-refractivity contribution in [3.8, 4) is 17.1 Å². The van der Waals surface area contributed by atoms with Crippen LogP contribution in [0, 0.1) is 6.92 Å². The van der Waals surface area contributed by atoms with Gasteiger partial charge in [0.25, 0.3) is 5.56 Å². The number of halogens is 3. The molecule has 4 rings (SSSR count). The number of H-pyrrole nitrogens is 1. The molecule has 0 radical (unpaired) electrons. The fourth-order valence-electron chi connectivity index (χ4n) is 4.54. The molecule has 1 saturated carbocycles. The minimum atomic E-state index is -4.59. The topological polar surface area (TPSA) is 128 Å². The zero-order valence-electron chi connectivity index (χ0n) is 22.0. The van der Waals surface area contributed by atoms with Crippen LogP contribution in [0.15, 0.2) is 23.0 Å². The molecule has 10 nitrogen and oxygen atoms in total. The number of nitrogens with one attached hydrogen (secondary N) is 2. The number of ether oxygens (including phenoxy) is 2. The quantitative estimate of drug-likeness (QED) is 0.346. The molecule has 3 aromatic rings. The first-order valence-corrected chi connectivity index (χ1v) is 14.5. The molecule has 0 amide bonds. The third-order valence-corrected chi connectivity index (χ3v) is 7.82. The summed E-state index contributed by atoms with van der Waals surface area (Å²) >= 11 is 0. The van der Waals surface area contributed by atoms with Gasteiger partial charge in [0, 0.05) is 11.6 Å². The maximum Gasteiger partial charge on any atom is 0.414 e. The summed E-state index contributed by atoms with van der Waals surface area (Å²) in [6, 6.07) is 4.48. The molecule has 1 fully saturated rings. The molecule has 0 saturated heterocycles. The molecule has 2 N–H and O–H groups in total. The second-order valence-electron chi connectivity index (χ2n) is 9.63. The monoisotopic (exact) mass is 571 g/mol. The van der Waals surface area contributed by atoms with E-state index in [1.807, 2.05) is 6.92 Å². The number of benzene rings is 1. The smallest absolute Gasteiger partial charge is 0.414 e. The summed E-state index contributed by atoms with van der Waals surface area (Å²) in [7, 11) is -4.05. The van der Waals surface area contributed by atoms with E-state index in [9.17, 15) is 26.4 Å². The van der Waals surface area contributed by atoms with Gasteiger partial charge in [-0.3, -0.25) is 9.52 Å². The minimum Gasteiger partial charge on any atom is -0.493 e. The average molecular weight is 572 g/mol. The largest absolute Gasteiger partial charge is 0.493 e. The molecule has 14 heteroatoms. The maximum atomic E-state index is 13.1. The van der Waals surface area contributed by atoms with Crippen molar-refractivity contribution in [2.45, 2.75) is 71.1 Å². The first-order chi connectivity index (χ1) is 18.4. The van der Waals surface area contributed by atoms with E-state index in [-0.39, 0.29) is 17.4 Å². The van der Waals surface area contributed by atoms with E-state index >= 15 is 0 Å². The Morgan fingerprint density at radius 2 is 1.95 bits per heavy atom. The predicted molar refractivity (Wildman–Crippen MR) is 140 cm³/mol. The Bertz CT molecular complexity index is 1480. The summed E-state index contributed by atoms with van der Waals surface area (Å²) in [5.41, 5.74) is 0.995. The average Bonchev–Trinajstić information content (AvgIpc) is 3.50. The molecule has 0 aliphatic heterocycles. The fourth-order valence-corrected chi connectivity index (χ4v) is 5.44. The van der Waals surface area contributed by atoms with Crippen LogP contribution in [0.25, 0.3) is 16.9 Å². The lowest BCUT2D eigenvalue weighted by molar-refractivity contribution is -0.212. The fraction of sp³-hybridized carbons (Fsp3) is 0.560. The van der Waals surface area contributed by atoms with Crippen LogP contribution < -0.4 is 15.0 Å². The molecule has 1 aliphatic carbocycles. The van der Waals surface area contributed by atoms with E-state index in [1.54, 1.807) is 17.5 Å². The summed E-state index contributed by atoms with van der Waals surface area (Å²) in [6.45, 7) is 4.23. The van der Waals surface area contributed by atoms with Crippen molar-refractivity contribution in [3.05, 3.63) is 40.1 Å². The lowest BCUT2D eigenvalue weighted by Gasteiger charge is -2.17. The van der Waals surface area contributed by atoms with Crippen molar-refractivity contribution in [2.24, 2.45) is 0 Å². The van der Waals surface area contributed by atoms with E-state index in [2.05, 4.69) is 24.5 Å². The number of rotatable bonds is 11. The Morgan fingerprint density at radius 1 is 1.23 bits per heavy atom. The Morgan fingerprint density at radius 3 is 2.62 bits per heavy atom. The Balaban J connectivity index is 1.67. The van der Waals surface area contributed by atoms with Crippen LogP contribution in [-0.4, -0.2) is 59.2 Å². The van der Waals surface area contributed by atoms with Gasteiger partial charge < -0.3 is 14.5 Å². The van der Waals surface area contributed by atoms with Crippen molar-refractivity contribution in [2.75, 3.05) is 23.7 Å². The van der Waals surface area contributed by atoms with Crippen LogP contribution in [0.3, 0.4) is 0 Å². The van der Waals surface area contributed by atoms with Gasteiger partial charge in [-0.1, -0.05) is 19.8 Å². The number of anilines is 1. The van der Waals surface area contributed by atoms with Crippen LogP contribution in [0.5, 0.6) is 5.75 Å². The molecule has 1 atom stereocenters. The lowest BCUT2D eigenvalue weighted by atomic mass is 10.1. The van der Waals surface area contributed by atoms with Gasteiger partial charge in [0.15, 0.2) is 17.4 Å². The number of nitrogens with zero attached hydrogens (tertiary/aromatic N) is 3. The predicted octanol–water partition coefficient (Wildman–Crippen LogP) is 4.55. The van der Waals surface area contributed by atoms with Crippen molar-refractivity contribution >= 4 is 21.2 Å². The van der Waals surface area contributed by atoms with Gasteiger partial charge in [-0.2, -0.15) is 13.2 Å². The van der Waals surface area contributed by atoms with E-state index in [0.717, 1.165) is 32.6 Å². The van der Waals surface area contributed by atoms with Crippen LogP contribution in [-0.2, 0) is 14.8 Å². The third kappa shape index (κ3) is 6.72. The lowest BCUT2D eigenvalue weighted by Crippen LogP contribution is -2.31. The SMILES string of the molecule is CCCOc1ccc(NS(=O)(=O)CCOC(C)C(F)(F)F)cc1-c1nn2c(C3CCCC3)nc(C)c2c(=O)[nH]1. The number of alkyl halides is 3. The Labute approximate surface area is 224 Å². The van der Waals surface area contributed by atoms with Crippen LogP contribution in [0.1, 0.15) is 63.4 Å². The van der Waals surface area contributed by atoms with Gasteiger partial charge in [-0.05, 0) is 51.3 Å². The molecule has 214 valence electrons. The summed E-state index contributed by atoms with van der Waals surface area (Å²) in [5.74, 6) is 0.761. The van der Waals surface area contributed by atoms with Gasteiger partial charge >= 0.3 is 6.18 Å². The highest BCUT2D eigenvalue weighted by molar-refractivity contribution is 7.92. The zero-order chi connectivity index (χ0) is 28.4. The number of aryl methyl sites for hydroxylation is 1. The summed E-state index contributed by atoms with van der Waals surface area (Å²) < 4.78 is 77.5. The summed E-state index contributed by atoms with van der Waals surface area (Å²) in [4.78, 5) is 20.5. The molecule has 2 aromatic heterocycles. The van der Waals surface area contributed by atoms with E-state index in [4.69, 9.17) is 4.74 Å². The highest BCUT2D eigenvalue weighted by Crippen LogP contribution is 2.35. The van der Waals surface area contributed by atoms with Gasteiger partial charge in [0.1, 0.15) is 11.6 Å². The highest BCUT2D eigenvalue weighted by Gasteiger charge is 2.37. The first-order valence-electron chi connectivity index (χ1n) is 12.8. The molecule has 1 aliphatic rings. The van der Waals surface area contributed by atoms with Crippen LogP contribution >= 0.6 is 0 Å². The molecule has 2 heterocycles. The standard InChI is InChI=1S/C25H32F3N5O5S/c1-4-11-38-20-10-9-18(32-39(35,36)13-12-37-16(3)25(26,27)28)14-19(20)22-30-24(34)21-15(2)29-23(33(21)31-22)17-7-5-6-8-17/h9-10,14,16-17,32H,4-8,11-13H2,1-3H3,(H,30,31,34). The van der Waals surface area contributed by atoms with Crippen LogP contribution in [0.4, 0.5) is 18.9 Å². The normalized spacial score (nSPS) is 15.6. The van der Waals surface area contributed by atoms with E-state index in [0.29, 0.717) is 41.4 Å². The molecule has 0 spiro atoms. The molecule has 1 aromatic carbocycles. The minimum absolute atomic E-state index is 0.123. The van der Waals surface area contributed by atoms with E-state index in [1.165, 1.54) is 12.1 Å². The van der Waals surface area contributed by atoms with Crippen molar-refractivity contribution in [3.63, 3.8) is 0 Å². The summed E-state index contributed by atoms with van der Waals surface area (Å²) in [5, 5.41) is 4.68. The van der Waals surface area contributed by atoms with Gasteiger partial charge in [0.05, 0.1) is 30.2 Å². The second-order valence-corrected chi connectivity index (χ2v) is 11.5. The number of sulfonamides is 1. The Kier molecular flexibility index (Phi) is 8.54.